The molecule has 0 aromatic carbocycles. The molecular weight excluding hydrogens is 817 g/mol. The Hall–Kier alpha value is -3.67. The van der Waals surface area contributed by atoms with Crippen molar-refractivity contribution < 1.29 is 28.6 Å². The fraction of sp³-hybridized carbons (Fsp3) is 0.683. The Morgan fingerprint density at radius 3 is 1.05 bits per heavy atom. The predicted octanol–water partition coefficient (Wildman–Crippen LogP) is 18.1. The van der Waals surface area contributed by atoms with E-state index in [1.54, 1.807) is 0 Å². The number of carbonyl (C=O) groups is 3. The zero-order valence-corrected chi connectivity index (χ0v) is 42.9. The summed E-state index contributed by atoms with van der Waals surface area (Å²) < 4.78 is 16.8. The lowest BCUT2D eigenvalue weighted by molar-refractivity contribution is -0.167. The highest BCUT2D eigenvalue weighted by atomic mass is 16.6. The third kappa shape index (κ3) is 51.3. The van der Waals surface area contributed by atoms with Crippen LogP contribution in [0.2, 0.25) is 0 Å². The van der Waals surface area contributed by atoms with E-state index >= 15 is 0 Å². The van der Waals surface area contributed by atoms with Gasteiger partial charge < -0.3 is 14.2 Å². The van der Waals surface area contributed by atoms with Crippen LogP contribution in [0, 0.1) is 0 Å². The van der Waals surface area contributed by atoms with Crippen LogP contribution >= 0.6 is 0 Å². The molecule has 6 heteroatoms. The fourth-order valence-corrected chi connectivity index (χ4v) is 7.19. The smallest absolute Gasteiger partial charge is 0.306 e. The number of allylic oxidation sites excluding steroid dienone is 16. The van der Waals surface area contributed by atoms with E-state index < -0.39 is 6.10 Å². The van der Waals surface area contributed by atoms with Gasteiger partial charge in [-0.15, -0.1) is 0 Å². The lowest BCUT2D eigenvalue weighted by Crippen LogP contribution is -2.30. The molecule has 0 heterocycles. The van der Waals surface area contributed by atoms with Gasteiger partial charge in [0.15, 0.2) is 6.10 Å². The van der Waals surface area contributed by atoms with Gasteiger partial charge in [0.2, 0.25) is 0 Å². The summed E-state index contributed by atoms with van der Waals surface area (Å²) in [5, 5.41) is 0. The molecular formula is C60H100O6. The summed E-state index contributed by atoms with van der Waals surface area (Å²) in [5.74, 6) is -0.983. The van der Waals surface area contributed by atoms with Crippen molar-refractivity contribution in [1.82, 2.24) is 0 Å². The van der Waals surface area contributed by atoms with E-state index in [0.29, 0.717) is 19.3 Å². The first-order chi connectivity index (χ1) is 32.5. The van der Waals surface area contributed by atoms with Crippen LogP contribution in [0.4, 0.5) is 0 Å². The first kappa shape index (κ1) is 62.3. The van der Waals surface area contributed by atoms with Crippen LogP contribution in [0.1, 0.15) is 245 Å². The molecule has 6 nitrogen and oxygen atoms in total. The van der Waals surface area contributed by atoms with Crippen LogP contribution in [0.15, 0.2) is 97.2 Å². The van der Waals surface area contributed by atoms with Crippen molar-refractivity contribution in [2.24, 2.45) is 0 Å². The molecule has 0 radical (unpaired) electrons. The Balaban J connectivity index is 4.50. The number of carbonyl (C=O) groups excluding carboxylic acids is 3. The molecule has 0 aromatic heterocycles. The molecule has 0 bridgehead atoms. The summed E-state index contributed by atoms with van der Waals surface area (Å²) >= 11 is 0. The number of hydrogen-bond acceptors (Lipinski definition) is 6. The highest BCUT2D eigenvalue weighted by Crippen LogP contribution is 2.14. The van der Waals surface area contributed by atoms with E-state index in [2.05, 4.69) is 118 Å². The van der Waals surface area contributed by atoms with E-state index in [4.69, 9.17) is 14.2 Å². The minimum atomic E-state index is -0.809. The van der Waals surface area contributed by atoms with Crippen molar-refractivity contribution in [2.45, 2.75) is 252 Å². The van der Waals surface area contributed by atoms with E-state index in [9.17, 15) is 14.4 Å². The maximum Gasteiger partial charge on any atom is 0.306 e. The third-order valence-corrected chi connectivity index (χ3v) is 11.3. The normalized spacial score (nSPS) is 12.8. The fourth-order valence-electron chi connectivity index (χ4n) is 7.19. The molecule has 0 aliphatic carbocycles. The van der Waals surface area contributed by atoms with Gasteiger partial charge >= 0.3 is 17.9 Å². The monoisotopic (exact) mass is 917 g/mol. The topological polar surface area (TPSA) is 78.9 Å². The molecule has 0 saturated carbocycles. The van der Waals surface area contributed by atoms with Gasteiger partial charge in [-0.1, -0.05) is 214 Å². The second kappa shape index (κ2) is 53.9. The molecule has 0 unspecified atom stereocenters. The van der Waals surface area contributed by atoms with Crippen LogP contribution in [0.25, 0.3) is 0 Å². The predicted molar refractivity (Wildman–Crippen MR) is 284 cm³/mol. The first-order valence-corrected chi connectivity index (χ1v) is 27.2. The third-order valence-electron chi connectivity index (χ3n) is 11.3. The molecule has 0 aromatic rings. The Bertz CT molecular complexity index is 1330. The minimum Gasteiger partial charge on any atom is -0.462 e. The summed E-state index contributed by atoms with van der Waals surface area (Å²) in [6, 6.07) is 0. The maximum atomic E-state index is 12.8. The Morgan fingerprint density at radius 1 is 0.318 bits per heavy atom. The van der Waals surface area contributed by atoms with E-state index in [1.165, 1.54) is 96.3 Å². The lowest BCUT2D eigenvalue weighted by atomic mass is 10.1. The van der Waals surface area contributed by atoms with Crippen LogP contribution < -0.4 is 0 Å². The van der Waals surface area contributed by atoms with Crippen molar-refractivity contribution in [3.63, 3.8) is 0 Å². The molecule has 0 aliphatic heterocycles. The van der Waals surface area contributed by atoms with Gasteiger partial charge in [-0.25, -0.2) is 0 Å². The Morgan fingerprint density at radius 2 is 0.621 bits per heavy atom. The minimum absolute atomic E-state index is 0.105. The van der Waals surface area contributed by atoms with Gasteiger partial charge in [-0.3, -0.25) is 14.4 Å². The quantitative estimate of drug-likeness (QED) is 0.0262. The number of rotatable bonds is 48. The molecule has 0 saturated heterocycles. The highest BCUT2D eigenvalue weighted by Gasteiger charge is 2.19. The van der Waals surface area contributed by atoms with Crippen molar-refractivity contribution in [2.75, 3.05) is 13.2 Å². The SMILES string of the molecule is CC/C=C/C/C=C/C/C=C/C/C=C/C/C=C/CCCC(=O)OC[C@@H](COC(=O)CCCCCCC/C=C/C/C=C/CCCC)OC(=O)CCCCCCCCC/C=C/CCCCCCCC. The Labute approximate surface area is 407 Å². The van der Waals surface area contributed by atoms with Crippen molar-refractivity contribution in [3.8, 4) is 0 Å². The number of esters is 3. The first-order valence-electron chi connectivity index (χ1n) is 27.2. The second-order valence-corrected chi connectivity index (χ2v) is 17.7. The molecule has 0 N–H and O–H groups in total. The summed E-state index contributed by atoms with van der Waals surface area (Å²) in [6.45, 7) is 6.41. The number of hydrogen-bond donors (Lipinski definition) is 0. The van der Waals surface area contributed by atoms with Gasteiger partial charge in [0.25, 0.3) is 0 Å². The van der Waals surface area contributed by atoms with Crippen molar-refractivity contribution in [3.05, 3.63) is 97.2 Å². The average Bonchev–Trinajstić information content (AvgIpc) is 3.31. The van der Waals surface area contributed by atoms with Gasteiger partial charge in [-0.2, -0.15) is 0 Å². The van der Waals surface area contributed by atoms with Crippen LogP contribution in [0.3, 0.4) is 0 Å². The van der Waals surface area contributed by atoms with Gasteiger partial charge in [-0.05, 0) is 109 Å². The summed E-state index contributed by atoms with van der Waals surface area (Å²) in [7, 11) is 0. The van der Waals surface area contributed by atoms with Crippen LogP contribution in [-0.4, -0.2) is 37.2 Å². The largest absolute Gasteiger partial charge is 0.462 e. The van der Waals surface area contributed by atoms with E-state index in [-0.39, 0.29) is 37.5 Å². The summed E-state index contributed by atoms with van der Waals surface area (Å²) in [4.78, 5) is 38.1. The zero-order chi connectivity index (χ0) is 47.9. The lowest BCUT2D eigenvalue weighted by Gasteiger charge is -2.18. The molecule has 66 heavy (non-hydrogen) atoms. The number of unbranched alkanes of at least 4 members (excludes halogenated alkanes) is 21. The molecule has 1 atom stereocenters. The van der Waals surface area contributed by atoms with Crippen molar-refractivity contribution in [1.29, 1.82) is 0 Å². The molecule has 0 fully saturated rings. The molecule has 0 rings (SSSR count). The van der Waals surface area contributed by atoms with Gasteiger partial charge in [0.05, 0.1) is 0 Å². The average molecular weight is 917 g/mol. The zero-order valence-electron chi connectivity index (χ0n) is 42.9. The second-order valence-electron chi connectivity index (χ2n) is 17.7. The number of ether oxygens (including phenoxy) is 3. The summed E-state index contributed by atoms with van der Waals surface area (Å²) in [5.41, 5.74) is 0. The highest BCUT2D eigenvalue weighted by molar-refractivity contribution is 5.71. The standard InChI is InChI=1S/C60H100O6/c1-4-7-10-13-16-19-22-25-28-30-32-35-38-41-44-47-50-53-59(62)65-56-57(55-64-58(61)52-49-46-43-40-37-34-27-24-21-18-15-12-9-6-3)66-60(63)54-51-48-45-42-39-36-33-31-29-26-23-20-17-14-11-8-5-2/h7,10,15-16,18-19,24-29,32,35,41,44,57H,4-6,8-9,11-14,17,20-23,30-31,33-34,36-40,42-43,45-56H2,1-3H3/b10-7+,18-15+,19-16+,27-24+,28-25+,29-26+,35-32+,44-41+/t57-/m1/s1. The summed E-state index contributed by atoms with van der Waals surface area (Å²) in [6.07, 6.45) is 71.1. The molecule has 0 amide bonds. The van der Waals surface area contributed by atoms with E-state index in [1.807, 2.05) is 0 Å². The van der Waals surface area contributed by atoms with Crippen LogP contribution in [-0.2, 0) is 28.6 Å². The van der Waals surface area contributed by atoms with Gasteiger partial charge in [0, 0.05) is 19.3 Å². The van der Waals surface area contributed by atoms with Gasteiger partial charge in [0.1, 0.15) is 13.2 Å². The molecule has 376 valence electrons. The molecule has 0 spiro atoms. The van der Waals surface area contributed by atoms with E-state index in [0.717, 1.165) is 103 Å². The van der Waals surface area contributed by atoms with Crippen LogP contribution in [0.5, 0.6) is 0 Å². The Kier molecular flexibility index (Phi) is 50.9. The molecule has 0 aliphatic rings. The maximum absolute atomic E-state index is 12.8. The van der Waals surface area contributed by atoms with Crippen molar-refractivity contribution >= 4 is 17.9 Å².